The molecule has 2 aromatic rings. The molecule has 0 saturated carbocycles. The summed E-state index contributed by atoms with van der Waals surface area (Å²) in [6.45, 7) is 2.63. The SMILES string of the molecule is Cc1cc(N)nc(NS(=O)(=O)N2CCC(Oc3ccccc3)CC2)c1. The van der Waals surface area contributed by atoms with Crippen molar-refractivity contribution in [2.75, 3.05) is 23.5 Å². The third-order valence-corrected chi connectivity index (χ3v) is 5.52. The second-order valence-corrected chi connectivity index (χ2v) is 7.76. The molecule has 3 rings (SSSR count). The minimum atomic E-state index is -3.66. The first kappa shape index (κ1) is 17.5. The molecule has 0 amide bonds. The van der Waals surface area contributed by atoms with Gasteiger partial charge in [0.25, 0.3) is 0 Å². The third-order valence-electron chi connectivity index (χ3n) is 4.01. The Morgan fingerprint density at radius 2 is 1.88 bits per heavy atom. The number of aromatic nitrogens is 1. The van der Waals surface area contributed by atoms with Crippen molar-refractivity contribution in [2.45, 2.75) is 25.9 Å². The highest BCUT2D eigenvalue weighted by Gasteiger charge is 2.29. The predicted molar refractivity (Wildman–Crippen MR) is 97.6 cm³/mol. The first-order chi connectivity index (χ1) is 11.9. The van der Waals surface area contributed by atoms with Crippen LogP contribution >= 0.6 is 0 Å². The Hall–Kier alpha value is -2.32. The van der Waals surface area contributed by atoms with Crippen LogP contribution in [0.2, 0.25) is 0 Å². The predicted octanol–water partition coefficient (Wildman–Crippen LogP) is 2.17. The number of nitrogens with zero attached hydrogens (tertiary/aromatic N) is 2. The molecule has 1 saturated heterocycles. The summed E-state index contributed by atoms with van der Waals surface area (Å²) in [5.41, 5.74) is 6.52. The number of nitrogens with two attached hydrogens (primary N) is 1. The second-order valence-electron chi connectivity index (χ2n) is 6.09. The molecule has 25 heavy (non-hydrogen) atoms. The Bertz CT molecular complexity index is 799. The van der Waals surface area contributed by atoms with Crippen LogP contribution in [-0.2, 0) is 10.2 Å². The maximum atomic E-state index is 12.5. The van der Waals surface area contributed by atoms with Gasteiger partial charge in [0.15, 0.2) is 0 Å². The fraction of sp³-hybridized carbons (Fsp3) is 0.353. The van der Waals surface area contributed by atoms with E-state index < -0.39 is 10.2 Å². The van der Waals surface area contributed by atoms with Crippen molar-refractivity contribution in [1.82, 2.24) is 9.29 Å². The monoisotopic (exact) mass is 362 g/mol. The summed E-state index contributed by atoms with van der Waals surface area (Å²) < 4.78 is 34.9. The number of pyridine rings is 1. The van der Waals surface area contributed by atoms with Crippen molar-refractivity contribution in [1.29, 1.82) is 0 Å². The normalized spacial score (nSPS) is 16.5. The molecule has 3 N–H and O–H groups in total. The minimum absolute atomic E-state index is 0.0154. The van der Waals surface area contributed by atoms with E-state index in [0.29, 0.717) is 25.9 Å². The fourth-order valence-electron chi connectivity index (χ4n) is 2.83. The number of rotatable bonds is 5. The number of para-hydroxylation sites is 1. The average molecular weight is 362 g/mol. The van der Waals surface area contributed by atoms with E-state index in [1.54, 1.807) is 12.1 Å². The van der Waals surface area contributed by atoms with Crippen LogP contribution in [0.3, 0.4) is 0 Å². The molecule has 7 nitrogen and oxygen atoms in total. The first-order valence-electron chi connectivity index (χ1n) is 8.16. The number of benzene rings is 1. The van der Waals surface area contributed by atoms with E-state index in [4.69, 9.17) is 10.5 Å². The Morgan fingerprint density at radius 3 is 2.52 bits per heavy atom. The number of hydrogen-bond donors (Lipinski definition) is 2. The third kappa shape index (κ3) is 4.61. The number of aryl methyl sites for hydroxylation is 1. The van der Waals surface area contributed by atoms with Crippen LogP contribution in [0.25, 0.3) is 0 Å². The first-order valence-corrected chi connectivity index (χ1v) is 9.60. The average Bonchev–Trinajstić information content (AvgIpc) is 2.55. The van der Waals surface area contributed by atoms with Gasteiger partial charge in [-0.3, -0.25) is 4.72 Å². The molecule has 0 atom stereocenters. The van der Waals surface area contributed by atoms with Gasteiger partial charge in [0.05, 0.1) is 0 Å². The highest BCUT2D eigenvalue weighted by atomic mass is 32.2. The summed E-state index contributed by atoms with van der Waals surface area (Å²) >= 11 is 0. The van der Waals surface area contributed by atoms with E-state index in [2.05, 4.69) is 9.71 Å². The minimum Gasteiger partial charge on any atom is -0.490 e. The molecule has 1 aliphatic rings. The lowest BCUT2D eigenvalue weighted by molar-refractivity contribution is 0.135. The summed E-state index contributed by atoms with van der Waals surface area (Å²) in [4.78, 5) is 4.02. The molecule has 1 aromatic heterocycles. The van der Waals surface area contributed by atoms with E-state index in [-0.39, 0.29) is 17.7 Å². The Kier molecular flexibility index (Phi) is 5.10. The zero-order valence-electron chi connectivity index (χ0n) is 14.1. The quantitative estimate of drug-likeness (QED) is 0.849. The molecule has 134 valence electrons. The van der Waals surface area contributed by atoms with Gasteiger partial charge >= 0.3 is 10.2 Å². The van der Waals surface area contributed by atoms with Crippen LogP contribution in [0.4, 0.5) is 11.6 Å². The van der Waals surface area contributed by atoms with Crippen molar-refractivity contribution < 1.29 is 13.2 Å². The number of piperidine rings is 1. The lowest BCUT2D eigenvalue weighted by Crippen LogP contribution is -2.44. The van der Waals surface area contributed by atoms with Gasteiger partial charge in [-0.15, -0.1) is 0 Å². The number of anilines is 2. The van der Waals surface area contributed by atoms with E-state index in [1.807, 2.05) is 37.3 Å². The molecule has 8 heteroatoms. The molecule has 0 unspecified atom stereocenters. The molecule has 0 bridgehead atoms. The number of nitrogens with one attached hydrogen (secondary N) is 1. The molecule has 0 radical (unpaired) electrons. The zero-order chi connectivity index (χ0) is 17.9. The summed E-state index contributed by atoms with van der Waals surface area (Å²) in [6.07, 6.45) is 1.29. The van der Waals surface area contributed by atoms with E-state index >= 15 is 0 Å². The summed E-state index contributed by atoms with van der Waals surface area (Å²) in [5.74, 6) is 1.33. The van der Waals surface area contributed by atoms with Crippen LogP contribution in [0.15, 0.2) is 42.5 Å². The van der Waals surface area contributed by atoms with Crippen LogP contribution in [0.5, 0.6) is 5.75 Å². The van der Waals surface area contributed by atoms with Gasteiger partial charge in [-0.2, -0.15) is 12.7 Å². The van der Waals surface area contributed by atoms with Crippen LogP contribution in [-0.4, -0.2) is 36.9 Å². The molecular weight excluding hydrogens is 340 g/mol. The maximum absolute atomic E-state index is 12.5. The molecule has 1 fully saturated rings. The van der Waals surface area contributed by atoms with E-state index in [0.717, 1.165) is 11.3 Å². The van der Waals surface area contributed by atoms with Crippen LogP contribution < -0.4 is 15.2 Å². The Morgan fingerprint density at radius 1 is 1.20 bits per heavy atom. The topological polar surface area (TPSA) is 97.5 Å². The van der Waals surface area contributed by atoms with E-state index in [9.17, 15) is 8.42 Å². The van der Waals surface area contributed by atoms with Gasteiger partial charge in [0, 0.05) is 13.1 Å². The highest BCUT2D eigenvalue weighted by molar-refractivity contribution is 7.90. The summed E-state index contributed by atoms with van der Waals surface area (Å²) in [5, 5.41) is 0. The van der Waals surface area contributed by atoms with Crippen molar-refractivity contribution >= 4 is 21.8 Å². The van der Waals surface area contributed by atoms with Gasteiger partial charge in [-0.25, -0.2) is 4.98 Å². The van der Waals surface area contributed by atoms with Gasteiger partial charge < -0.3 is 10.5 Å². The van der Waals surface area contributed by atoms with Crippen molar-refractivity contribution in [3.8, 4) is 5.75 Å². The van der Waals surface area contributed by atoms with Crippen LogP contribution in [0, 0.1) is 6.92 Å². The number of nitrogen functional groups attached to an aromatic ring is 1. The largest absolute Gasteiger partial charge is 0.490 e. The summed E-state index contributed by atoms with van der Waals surface area (Å²) in [7, 11) is -3.66. The van der Waals surface area contributed by atoms with Gasteiger partial charge in [-0.1, -0.05) is 18.2 Å². The standard InChI is InChI=1S/C17H22N4O3S/c1-13-11-16(18)19-17(12-13)20-25(22,23)21-9-7-15(8-10-21)24-14-5-3-2-4-6-14/h2-6,11-12,15H,7-10H2,1H3,(H3,18,19,20). The Labute approximate surface area is 148 Å². The molecule has 0 aliphatic carbocycles. The van der Waals surface area contributed by atoms with Crippen molar-refractivity contribution in [3.63, 3.8) is 0 Å². The fourth-order valence-corrected chi connectivity index (χ4v) is 4.01. The highest BCUT2D eigenvalue weighted by Crippen LogP contribution is 2.21. The molecule has 1 aliphatic heterocycles. The number of hydrogen-bond acceptors (Lipinski definition) is 5. The molecule has 0 spiro atoms. The Balaban J connectivity index is 1.59. The van der Waals surface area contributed by atoms with Gasteiger partial charge in [-0.05, 0) is 49.6 Å². The zero-order valence-corrected chi connectivity index (χ0v) is 14.9. The van der Waals surface area contributed by atoms with Gasteiger partial charge in [0.2, 0.25) is 0 Å². The lowest BCUT2D eigenvalue weighted by atomic mass is 10.1. The van der Waals surface area contributed by atoms with Crippen molar-refractivity contribution in [3.05, 3.63) is 48.0 Å². The number of ether oxygens (including phenoxy) is 1. The summed E-state index contributed by atoms with van der Waals surface area (Å²) in [6, 6.07) is 12.9. The van der Waals surface area contributed by atoms with Gasteiger partial charge in [0.1, 0.15) is 23.5 Å². The van der Waals surface area contributed by atoms with E-state index in [1.165, 1.54) is 4.31 Å². The molecular formula is C17H22N4O3S. The van der Waals surface area contributed by atoms with Crippen LogP contribution in [0.1, 0.15) is 18.4 Å². The lowest BCUT2D eigenvalue weighted by Gasteiger charge is -2.31. The molecule has 1 aromatic carbocycles. The molecule has 2 heterocycles. The second kappa shape index (κ2) is 7.28. The smallest absolute Gasteiger partial charge is 0.302 e. The van der Waals surface area contributed by atoms with Crippen molar-refractivity contribution in [2.24, 2.45) is 0 Å². The maximum Gasteiger partial charge on any atom is 0.302 e.